The summed E-state index contributed by atoms with van der Waals surface area (Å²) in [7, 11) is 1.57. The van der Waals surface area contributed by atoms with Gasteiger partial charge in [0.05, 0.1) is 12.3 Å². The zero-order chi connectivity index (χ0) is 19.2. The molecule has 0 atom stereocenters. The van der Waals surface area contributed by atoms with Crippen LogP contribution in [-0.2, 0) is 14.3 Å². The Morgan fingerprint density at radius 1 is 1.37 bits per heavy atom. The lowest BCUT2D eigenvalue weighted by atomic mass is 10.2. The molecular weight excluding hydrogens is 418 g/mol. The number of hydrogen-bond acceptors (Lipinski definition) is 6. The summed E-state index contributed by atoms with van der Waals surface area (Å²) >= 11 is 3.36. The number of aromatic nitrogens is 1. The second-order valence-corrected chi connectivity index (χ2v) is 6.54. The van der Waals surface area contributed by atoms with Crippen LogP contribution < -0.4 is 19.7 Å². The Bertz CT molecular complexity index is 845. The van der Waals surface area contributed by atoms with Crippen LogP contribution in [0.1, 0.15) is 0 Å². The summed E-state index contributed by atoms with van der Waals surface area (Å²) in [5.74, 6) is 0.175. The van der Waals surface area contributed by atoms with Crippen molar-refractivity contribution < 1.29 is 23.8 Å². The van der Waals surface area contributed by atoms with Crippen molar-refractivity contribution in [2.24, 2.45) is 0 Å². The summed E-state index contributed by atoms with van der Waals surface area (Å²) in [5.41, 5.74) is 0.975. The highest BCUT2D eigenvalue weighted by atomic mass is 79.9. The van der Waals surface area contributed by atoms with Gasteiger partial charge in [-0.2, -0.15) is 0 Å². The second-order valence-electron chi connectivity index (χ2n) is 5.63. The van der Waals surface area contributed by atoms with Crippen molar-refractivity contribution in [1.82, 2.24) is 4.98 Å². The van der Waals surface area contributed by atoms with Crippen molar-refractivity contribution in [3.8, 4) is 11.6 Å². The Balaban J connectivity index is 1.71. The molecule has 0 spiro atoms. The summed E-state index contributed by atoms with van der Waals surface area (Å²) in [4.78, 5) is 30.3. The molecule has 0 unspecified atom stereocenters. The fourth-order valence-electron chi connectivity index (χ4n) is 2.51. The number of benzene rings is 1. The lowest BCUT2D eigenvalue weighted by molar-refractivity contribution is -0.123. The van der Waals surface area contributed by atoms with Crippen molar-refractivity contribution in [1.29, 1.82) is 0 Å². The highest BCUT2D eigenvalue weighted by Gasteiger charge is 2.27. The normalized spacial score (nSPS) is 13.0. The maximum Gasteiger partial charge on any atom is 0.265 e. The van der Waals surface area contributed by atoms with Crippen molar-refractivity contribution in [3.63, 3.8) is 0 Å². The van der Waals surface area contributed by atoms with E-state index in [9.17, 15) is 9.59 Å². The van der Waals surface area contributed by atoms with Gasteiger partial charge in [0.1, 0.15) is 24.6 Å². The van der Waals surface area contributed by atoms with E-state index in [1.165, 1.54) is 4.90 Å². The Morgan fingerprint density at radius 2 is 2.22 bits per heavy atom. The Hall–Kier alpha value is -2.65. The third kappa shape index (κ3) is 4.75. The molecule has 0 aliphatic carbocycles. The van der Waals surface area contributed by atoms with Gasteiger partial charge in [0.2, 0.25) is 11.8 Å². The number of ether oxygens (including phenoxy) is 3. The van der Waals surface area contributed by atoms with Crippen LogP contribution in [0.3, 0.4) is 0 Å². The first kappa shape index (κ1) is 19.1. The zero-order valence-electron chi connectivity index (χ0n) is 14.6. The van der Waals surface area contributed by atoms with Gasteiger partial charge < -0.3 is 19.5 Å². The van der Waals surface area contributed by atoms with Crippen molar-refractivity contribution in [3.05, 3.63) is 41.0 Å². The van der Waals surface area contributed by atoms with Crippen LogP contribution in [0.15, 0.2) is 41.0 Å². The first-order valence-corrected chi connectivity index (χ1v) is 8.97. The van der Waals surface area contributed by atoms with Gasteiger partial charge in [-0.15, -0.1) is 0 Å². The van der Waals surface area contributed by atoms with Gasteiger partial charge in [-0.1, -0.05) is 15.9 Å². The summed E-state index contributed by atoms with van der Waals surface area (Å²) in [6, 6.07) is 8.64. The molecule has 9 heteroatoms. The minimum Gasteiger partial charge on any atom is -0.482 e. The van der Waals surface area contributed by atoms with Gasteiger partial charge in [-0.25, -0.2) is 4.98 Å². The molecule has 2 heterocycles. The number of methoxy groups -OCH3 is 1. The van der Waals surface area contributed by atoms with Gasteiger partial charge in [0, 0.05) is 17.8 Å². The molecule has 0 radical (unpaired) electrons. The van der Waals surface area contributed by atoms with E-state index in [0.717, 1.165) is 4.47 Å². The maximum atomic E-state index is 12.5. The van der Waals surface area contributed by atoms with Crippen LogP contribution in [0.2, 0.25) is 0 Å². The molecule has 1 aliphatic heterocycles. The van der Waals surface area contributed by atoms with Crippen LogP contribution in [0, 0.1) is 0 Å². The fraction of sp³-hybridized carbons (Fsp3) is 0.278. The predicted octanol–water partition coefficient (Wildman–Crippen LogP) is 2.23. The van der Waals surface area contributed by atoms with E-state index in [-0.39, 0.29) is 25.0 Å². The second kappa shape index (κ2) is 8.83. The SMILES string of the molecule is COCCOc1ncccc1NC(=O)CN1C(=O)COc2cc(Br)ccc21. The Morgan fingerprint density at radius 3 is 3.04 bits per heavy atom. The van der Waals surface area contributed by atoms with E-state index in [0.29, 0.717) is 36.2 Å². The number of nitrogens with one attached hydrogen (secondary N) is 1. The molecule has 2 amide bonds. The van der Waals surface area contributed by atoms with Crippen LogP contribution >= 0.6 is 15.9 Å². The average Bonchev–Trinajstić information content (AvgIpc) is 2.65. The molecule has 1 aromatic carbocycles. The number of carbonyl (C=O) groups excluding carboxylic acids is 2. The molecule has 3 rings (SSSR count). The monoisotopic (exact) mass is 435 g/mol. The zero-order valence-corrected chi connectivity index (χ0v) is 16.2. The number of halogens is 1. The number of anilines is 2. The lowest BCUT2D eigenvalue weighted by Gasteiger charge is -2.29. The molecule has 2 aromatic rings. The predicted molar refractivity (Wildman–Crippen MR) is 102 cm³/mol. The van der Waals surface area contributed by atoms with E-state index >= 15 is 0 Å². The highest BCUT2D eigenvalue weighted by molar-refractivity contribution is 9.10. The number of rotatable bonds is 7. The van der Waals surface area contributed by atoms with Gasteiger partial charge >= 0.3 is 0 Å². The van der Waals surface area contributed by atoms with Crippen LogP contribution in [0.5, 0.6) is 11.6 Å². The van der Waals surface area contributed by atoms with Gasteiger partial charge in [-0.05, 0) is 30.3 Å². The molecule has 0 saturated carbocycles. The third-order valence-electron chi connectivity index (χ3n) is 3.74. The van der Waals surface area contributed by atoms with Gasteiger partial charge in [0.25, 0.3) is 5.91 Å². The summed E-state index contributed by atoms with van der Waals surface area (Å²) in [6.45, 7) is 0.442. The van der Waals surface area contributed by atoms with Crippen molar-refractivity contribution in [2.75, 3.05) is 43.7 Å². The number of pyridine rings is 1. The van der Waals surface area contributed by atoms with Crippen LogP contribution in [0.25, 0.3) is 0 Å². The third-order valence-corrected chi connectivity index (χ3v) is 4.23. The minimum absolute atomic E-state index is 0.116. The molecular formula is C18H18BrN3O5. The molecule has 1 N–H and O–H groups in total. The fourth-order valence-corrected chi connectivity index (χ4v) is 2.85. The number of nitrogens with zero attached hydrogens (tertiary/aromatic N) is 2. The molecule has 1 aliphatic rings. The summed E-state index contributed by atoms with van der Waals surface area (Å²) in [5, 5.41) is 2.74. The molecule has 0 fully saturated rings. The highest BCUT2D eigenvalue weighted by Crippen LogP contribution is 2.34. The quantitative estimate of drug-likeness (QED) is 0.670. The lowest BCUT2D eigenvalue weighted by Crippen LogP contribution is -2.43. The topological polar surface area (TPSA) is 90.0 Å². The number of amides is 2. The van der Waals surface area contributed by atoms with E-state index in [4.69, 9.17) is 14.2 Å². The van der Waals surface area contributed by atoms with Gasteiger partial charge in [0.15, 0.2) is 6.61 Å². The maximum absolute atomic E-state index is 12.5. The summed E-state index contributed by atoms with van der Waals surface area (Å²) in [6.07, 6.45) is 1.57. The first-order valence-electron chi connectivity index (χ1n) is 8.18. The van der Waals surface area contributed by atoms with Crippen LogP contribution in [-0.4, -0.2) is 50.3 Å². The smallest absolute Gasteiger partial charge is 0.265 e. The minimum atomic E-state index is -0.372. The molecule has 0 bridgehead atoms. The van der Waals surface area contributed by atoms with Crippen molar-refractivity contribution in [2.45, 2.75) is 0 Å². The van der Waals surface area contributed by atoms with Gasteiger partial charge in [-0.3, -0.25) is 14.5 Å². The average molecular weight is 436 g/mol. The molecule has 1 aromatic heterocycles. The van der Waals surface area contributed by atoms with Crippen LogP contribution in [0.4, 0.5) is 11.4 Å². The van der Waals surface area contributed by atoms with E-state index in [1.54, 1.807) is 43.6 Å². The molecule has 0 saturated heterocycles. The summed E-state index contributed by atoms with van der Waals surface area (Å²) < 4.78 is 16.7. The first-order chi connectivity index (χ1) is 13.1. The van der Waals surface area contributed by atoms with E-state index < -0.39 is 0 Å². The molecule has 27 heavy (non-hydrogen) atoms. The largest absolute Gasteiger partial charge is 0.482 e. The number of hydrogen-bond donors (Lipinski definition) is 1. The Kier molecular flexibility index (Phi) is 6.25. The number of fused-ring (bicyclic) bond motifs is 1. The standard InChI is InChI=1S/C18H18BrN3O5/c1-25-7-8-26-18-13(3-2-6-20-18)21-16(23)10-22-14-5-4-12(19)9-15(14)27-11-17(22)24/h2-6,9H,7-8,10-11H2,1H3,(H,21,23). The van der Waals surface area contributed by atoms with Crippen molar-refractivity contribution >= 4 is 39.1 Å². The number of carbonyl (C=O) groups is 2. The molecule has 8 nitrogen and oxygen atoms in total. The molecule has 142 valence electrons. The van der Waals surface area contributed by atoms with E-state index in [1.807, 2.05) is 0 Å². The Labute approximate surface area is 164 Å². The van der Waals surface area contributed by atoms with E-state index in [2.05, 4.69) is 26.2 Å².